The van der Waals surface area contributed by atoms with Gasteiger partial charge in [0.05, 0.1) is 22.3 Å². The average molecular weight is 338 g/mol. The molecule has 0 bridgehead atoms. The van der Waals surface area contributed by atoms with Gasteiger partial charge in [-0.05, 0) is 42.3 Å². The second-order valence-electron chi connectivity index (χ2n) is 5.16. The van der Waals surface area contributed by atoms with Crippen molar-refractivity contribution in [3.63, 3.8) is 0 Å². The summed E-state index contributed by atoms with van der Waals surface area (Å²) in [6.07, 6.45) is 4.65. The van der Waals surface area contributed by atoms with E-state index in [2.05, 4.69) is 21.0 Å². The summed E-state index contributed by atoms with van der Waals surface area (Å²) in [5.74, 6) is 1.52. The molecule has 1 fully saturated rings. The van der Waals surface area contributed by atoms with Crippen LogP contribution in [0.2, 0.25) is 0 Å². The van der Waals surface area contributed by atoms with Gasteiger partial charge in [-0.2, -0.15) is 5.10 Å². The SMILES string of the molecule is Cc1cc(C(=O)N2CCC(n3cc(Br)cn3)C2)c(C)o1. The highest BCUT2D eigenvalue weighted by Crippen LogP contribution is 2.25. The van der Waals surface area contributed by atoms with Crippen molar-refractivity contribution in [2.24, 2.45) is 0 Å². The standard InChI is InChI=1S/C14H16BrN3O2/c1-9-5-13(10(2)20-9)14(19)17-4-3-12(8-17)18-7-11(15)6-16-18/h5-7,12H,3-4,8H2,1-2H3. The van der Waals surface area contributed by atoms with Gasteiger partial charge in [-0.1, -0.05) is 0 Å². The summed E-state index contributed by atoms with van der Waals surface area (Å²) in [7, 11) is 0. The number of halogens is 1. The third kappa shape index (κ3) is 2.40. The number of hydrogen-bond donors (Lipinski definition) is 0. The summed E-state index contributed by atoms with van der Waals surface area (Å²) in [5, 5.41) is 4.30. The Labute approximate surface area is 125 Å². The lowest BCUT2D eigenvalue weighted by atomic mass is 10.2. The molecule has 1 saturated heterocycles. The summed E-state index contributed by atoms with van der Waals surface area (Å²) in [6, 6.07) is 2.06. The summed E-state index contributed by atoms with van der Waals surface area (Å²) in [5.41, 5.74) is 0.671. The minimum Gasteiger partial charge on any atom is -0.466 e. The van der Waals surface area contributed by atoms with Crippen LogP contribution in [-0.2, 0) is 0 Å². The van der Waals surface area contributed by atoms with Crippen molar-refractivity contribution in [2.45, 2.75) is 26.3 Å². The number of aromatic nitrogens is 2. The molecule has 1 amide bonds. The van der Waals surface area contributed by atoms with Gasteiger partial charge in [0, 0.05) is 19.3 Å². The zero-order valence-electron chi connectivity index (χ0n) is 11.5. The minimum absolute atomic E-state index is 0.0491. The predicted octanol–water partition coefficient (Wildman–Crippen LogP) is 2.94. The highest BCUT2D eigenvalue weighted by Gasteiger charge is 2.30. The molecule has 20 heavy (non-hydrogen) atoms. The molecule has 3 rings (SSSR count). The minimum atomic E-state index is 0.0491. The molecule has 0 N–H and O–H groups in total. The summed E-state index contributed by atoms with van der Waals surface area (Å²) >= 11 is 3.40. The van der Waals surface area contributed by atoms with Gasteiger partial charge in [-0.15, -0.1) is 0 Å². The fourth-order valence-electron chi connectivity index (χ4n) is 2.67. The smallest absolute Gasteiger partial charge is 0.257 e. The third-order valence-electron chi connectivity index (χ3n) is 3.67. The highest BCUT2D eigenvalue weighted by molar-refractivity contribution is 9.10. The van der Waals surface area contributed by atoms with Crippen LogP contribution in [0.15, 0.2) is 27.3 Å². The Morgan fingerprint density at radius 2 is 2.30 bits per heavy atom. The van der Waals surface area contributed by atoms with Crippen molar-refractivity contribution < 1.29 is 9.21 Å². The molecule has 1 aliphatic rings. The maximum Gasteiger partial charge on any atom is 0.257 e. The van der Waals surface area contributed by atoms with E-state index in [-0.39, 0.29) is 11.9 Å². The van der Waals surface area contributed by atoms with E-state index in [1.54, 1.807) is 6.20 Å². The zero-order valence-corrected chi connectivity index (χ0v) is 13.1. The number of amides is 1. The van der Waals surface area contributed by atoms with Crippen LogP contribution in [0.3, 0.4) is 0 Å². The summed E-state index contributed by atoms with van der Waals surface area (Å²) in [6.45, 7) is 5.14. The highest BCUT2D eigenvalue weighted by atomic mass is 79.9. The molecule has 0 saturated carbocycles. The number of carbonyl (C=O) groups is 1. The van der Waals surface area contributed by atoms with E-state index < -0.39 is 0 Å². The van der Waals surface area contributed by atoms with Crippen molar-refractivity contribution in [1.29, 1.82) is 0 Å². The molecule has 1 unspecified atom stereocenters. The number of furan rings is 1. The molecule has 1 atom stereocenters. The number of rotatable bonds is 2. The van der Waals surface area contributed by atoms with Gasteiger partial charge in [-0.25, -0.2) is 0 Å². The van der Waals surface area contributed by atoms with E-state index in [1.165, 1.54) is 0 Å². The summed E-state index contributed by atoms with van der Waals surface area (Å²) in [4.78, 5) is 14.4. The van der Waals surface area contributed by atoms with Crippen LogP contribution in [-0.4, -0.2) is 33.7 Å². The number of carbonyl (C=O) groups excluding carboxylic acids is 1. The average Bonchev–Trinajstić information content (AvgIpc) is 3.08. The van der Waals surface area contributed by atoms with E-state index in [0.717, 1.165) is 23.2 Å². The van der Waals surface area contributed by atoms with Crippen molar-refractivity contribution in [1.82, 2.24) is 14.7 Å². The number of likely N-dealkylation sites (tertiary alicyclic amines) is 1. The molecule has 106 valence electrons. The van der Waals surface area contributed by atoms with Crippen LogP contribution in [0.5, 0.6) is 0 Å². The molecule has 0 radical (unpaired) electrons. The third-order valence-corrected chi connectivity index (χ3v) is 4.08. The van der Waals surface area contributed by atoms with Gasteiger partial charge >= 0.3 is 0 Å². The van der Waals surface area contributed by atoms with Gasteiger partial charge in [0.1, 0.15) is 11.5 Å². The zero-order chi connectivity index (χ0) is 14.3. The number of hydrogen-bond acceptors (Lipinski definition) is 3. The fourth-order valence-corrected chi connectivity index (χ4v) is 2.97. The van der Waals surface area contributed by atoms with Crippen LogP contribution < -0.4 is 0 Å². The van der Waals surface area contributed by atoms with Gasteiger partial charge in [-0.3, -0.25) is 9.48 Å². The number of nitrogens with zero attached hydrogens (tertiary/aromatic N) is 3. The van der Waals surface area contributed by atoms with Crippen molar-refractivity contribution in [2.75, 3.05) is 13.1 Å². The molecule has 1 aliphatic heterocycles. The van der Waals surface area contributed by atoms with Gasteiger partial charge in [0.15, 0.2) is 0 Å². The van der Waals surface area contributed by atoms with Gasteiger partial charge in [0.25, 0.3) is 5.91 Å². The first kappa shape index (κ1) is 13.4. The Kier molecular flexibility index (Phi) is 3.41. The fraction of sp³-hybridized carbons (Fsp3) is 0.429. The topological polar surface area (TPSA) is 51.3 Å². The van der Waals surface area contributed by atoms with Crippen LogP contribution >= 0.6 is 15.9 Å². The van der Waals surface area contributed by atoms with Crippen molar-refractivity contribution in [3.8, 4) is 0 Å². The molecule has 2 aromatic heterocycles. The molecule has 6 heteroatoms. The molecule has 0 aromatic carbocycles. The predicted molar refractivity (Wildman–Crippen MR) is 77.7 cm³/mol. The lowest BCUT2D eigenvalue weighted by Crippen LogP contribution is -2.29. The van der Waals surface area contributed by atoms with Crippen LogP contribution in [0.1, 0.15) is 34.3 Å². The Morgan fingerprint density at radius 1 is 1.50 bits per heavy atom. The monoisotopic (exact) mass is 337 g/mol. The van der Waals surface area contributed by atoms with Crippen LogP contribution in [0.25, 0.3) is 0 Å². The Hall–Kier alpha value is -1.56. The first-order valence-electron chi connectivity index (χ1n) is 6.60. The van der Waals surface area contributed by atoms with E-state index in [4.69, 9.17) is 4.42 Å². The second-order valence-corrected chi connectivity index (χ2v) is 6.07. The van der Waals surface area contributed by atoms with Gasteiger partial charge < -0.3 is 9.32 Å². The van der Waals surface area contributed by atoms with Crippen LogP contribution in [0, 0.1) is 13.8 Å². The molecule has 3 heterocycles. The maximum atomic E-state index is 12.5. The largest absolute Gasteiger partial charge is 0.466 e. The van der Waals surface area contributed by atoms with E-state index in [9.17, 15) is 4.79 Å². The molecular formula is C14H16BrN3O2. The van der Waals surface area contributed by atoms with Crippen LogP contribution in [0.4, 0.5) is 0 Å². The maximum absolute atomic E-state index is 12.5. The molecule has 0 aliphatic carbocycles. The Balaban J connectivity index is 1.74. The van der Waals surface area contributed by atoms with E-state index >= 15 is 0 Å². The van der Waals surface area contributed by atoms with Gasteiger partial charge in [0.2, 0.25) is 0 Å². The summed E-state index contributed by atoms with van der Waals surface area (Å²) < 4.78 is 8.32. The van der Waals surface area contributed by atoms with E-state index in [1.807, 2.05) is 35.7 Å². The normalized spacial score (nSPS) is 18.8. The molecule has 0 spiro atoms. The van der Waals surface area contributed by atoms with Crippen molar-refractivity contribution in [3.05, 3.63) is 40.0 Å². The lowest BCUT2D eigenvalue weighted by molar-refractivity contribution is 0.0785. The Bertz CT molecular complexity index is 647. The number of aryl methyl sites for hydroxylation is 2. The molecule has 5 nitrogen and oxygen atoms in total. The molecule has 2 aromatic rings. The quantitative estimate of drug-likeness (QED) is 0.846. The first-order valence-corrected chi connectivity index (χ1v) is 7.40. The van der Waals surface area contributed by atoms with E-state index in [0.29, 0.717) is 17.9 Å². The first-order chi connectivity index (χ1) is 9.54. The lowest BCUT2D eigenvalue weighted by Gasteiger charge is -2.16. The Morgan fingerprint density at radius 3 is 2.90 bits per heavy atom. The second kappa shape index (κ2) is 5.09. The molecular weight excluding hydrogens is 322 g/mol. The van der Waals surface area contributed by atoms with Crippen molar-refractivity contribution >= 4 is 21.8 Å².